The van der Waals surface area contributed by atoms with Crippen molar-refractivity contribution in [1.82, 2.24) is 0 Å². The number of benzene rings is 3. The SMILES string of the molecule is COc1cc(/C=C/c2ccc(OC)c3ccccc23)cc(C)c1C. The zero-order valence-corrected chi connectivity index (χ0v) is 14.6. The van der Waals surface area contributed by atoms with E-state index in [4.69, 9.17) is 9.47 Å². The summed E-state index contributed by atoms with van der Waals surface area (Å²) in [7, 11) is 3.42. The second-order valence-electron chi connectivity index (χ2n) is 5.90. The van der Waals surface area contributed by atoms with Crippen molar-refractivity contribution in [3.8, 4) is 11.5 Å². The molecule has 3 aromatic carbocycles. The summed E-state index contributed by atoms with van der Waals surface area (Å²) in [6.07, 6.45) is 4.27. The van der Waals surface area contributed by atoms with Gasteiger partial charge in [0.2, 0.25) is 0 Å². The van der Waals surface area contributed by atoms with Crippen LogP contribution < -0.4 is 9.47 Å². The van der Waals surface area contributed by atoms with E-state index < -0.39 is 0 Å². The van der Waals surface area contributed by atoms with Gasteiger partial charge in [0.05, 0.1) is 14.2 Å². The van der Waals surface area contributed by atoms with Crippen molar-refractivity contribution in [3.05, 3.63) is 70.8 Å². The Kier molecular flexibility index (Phi) is 4.57. The molecule has 0 unspecified atom stereocenters. The Hall–Kier alpha value is -2.74. The molecule has 0 amide bonds. The molecule has 0 spiro atoms. The summed E-state index contributed by atoms with van der Waals surface area (Å²) in [6.45, 7) is 4.19. The van der Waals surface area contributed by atoms with Crippen LogP contribution in [-0.4, -0.2) is 14.2 Å². The van der Waals surface area contributed by atoms with Gasteiger partial charge in [-0.25, -0.2) is 0 Å². The van der Waals surface area contributed by atoms with Crippen LogP contribution in [0.4, 0.5) is 0 Å². The number of aryl methyl sites for hydroxylation is 1. The van der Waals surface area contributed by atoms with Crippen LogP contribution in [0.25, 0.3) is 22.9 Å². The highest BCUT2D eigenvalue weighted by atomic mass is 16.5. The van der Waals surface area contributed by atoms with Crippen LogP contribution in [0.5, 0.6) is 11.5 Å². The van der Waals surface area contributed by atoms with Gasteiger partial charge in [-0.1, -0.05) is 48.6 Å². The normalized spacial score (nSPS) is 11.2. The first-order chi connectivity index (χ1) is 11.6. The van der Waals surface area contributed by atoms with Crippen LogP contribution in [0.15, 0.2) is 48.5 Å². The molecule has 0 aromatic heterocycles. The lowest BCUT2D eigenvalue weighted by Gasteiger charge is -2.10. The molecule has 0 aliphatic rings. The van der Waals surface area contributed by atoms with Crippen molar-refractivity contribution < 1.29 is 9.47 Å². The molecular formula is C22H22O2. The molecule has 2 heteroatoms. The Balaban J connectivity index is 2.04. The zero-order chi connectivity index (χ0) is 17.1. The van der Waals surface area contributed by atoms with Gasteiger partial charge in [0.1, 0.15) is 11.5 Å². The molecule has 0 radical (unpaired) electrons. The Morgan fingerprint density at radius 3 is 2.17 bits per heavy atom. The molecule has 0 N–H and O–H groups in total. The minimum absolute atomic E-state index is 0.899. The van der Waals surface area contributed by atoms with E-state index in [0.717, 1.165) is 22.4 Å². The summed E-state index contributed by atoms with van der Waals surface area (Å²) in [6, 6.07) is 16.7. The van der Waals surface area contributed by atoms with Gasteiger partial charge >= 0.3 is 0 Å². The topological polar surface area (TPSA) is 18.5 Å². The second-order valence-corrected chi connectivity index (χ2v) is 5.90. The van der Waals surface area contributed by atoms with E-state index in [2.05, 4.69) is 62.4 Å². The molecule has 24 heavy (non-hydrogen) atoms. The highest BCUT2D eigenvalue weighted by Gasteiger charge is 2.05. The van der Waals surface area contributed by atoms with Crippen molar-refractivity contribution in [3.63, 3.8) is 0 Å². The van der Waals surface area contributed by atoms with E-state index in [-0.39, 0.29) is 0 Å². The van der Waals surface area contributed by atoms with Crippen LogP contribution in [0.1, 0.15) is 22.3 Å². The molecular weight excluding hydrogens is 296 g/mol. The lowest BCUT2D eigenvalue weighted by Crippen LogP contribution is -1.91. The van der Waals surface area contributed by atoms with Crippen molar-refractivity contribution in [2.45, 2.75) is 13.8 Å². The number of rotatable bonds is 4. The van der Waals surface area contributed by atoms with E-state index in [1.165, 1.54) is 22.1 Å². The van der Waals surface area contributed by atoms with Crippen molar-refractivity contribution >= 4 is 22.9 Å². The summed E-state index contributed by atoms with van der Waals surface area (Å²) in [5.41, 5.74) is 4.72. The molecule has 0 saturated carbocycles. The fourth-order valence-corrected chi connectivity index (χ4v) is 2.97. The van der Waals surface area contributed by atoms with Crippen molar-refractivity contribution in [2.24, 2.45) is 0 Å². The zero-order valence-electron chi connectivity index (χ0n) is 14.6. The Labute approximate surface area is 143 Å². The number of hydrogen-bond donors (Lipinski definition) is 0. The third kappa shape index (κ3) is 3.00. The smallest absolute Gasteiger partial charge is 0.126 e. The molecule has 0 aliphatic heterocycles. The molecule has 0 heterocycles. The average Bonchev–Trinajstić information content (AvgIpc) is 2.62. The Bertz CT molecular complexity index is 907. The van der Waals surface area contributed by atoms with E-state index in [1.807, 2.05) is 12.1 Å². The molecule has 3 aromatic rings. The van der Waals surface area contributed by atoms with Gasteiger partial charge in [-0.2, -0.15) is 0 Å². The molecule has 0 aliphatic carbocycles. The van der Waals surface area contributed by atoms with Crippen molar-refractivity contribution in [1.29, 1.82) is 0 Å². The van der Waals surface area contributed by atoms with Gasteiger partial charge in [-0.05, 0) is 53.6 Å². The largest absolute Gasteiger partial charge is 0.496 e. The summed E-state index contributed by atoms with van der Waals surface area (Å²) in [5, 5.41) is 2.31. The van der Waals surface area contributed by atoms with Gasteiger partial charge in [-0.3, -0.25) is 0 Å². The van der Waals surface area contributed by atoms with E-state index >= 15 is 0 Å². The minimum atomic E-state index is 0.899. The van der Waals surface area contributed by atoms with Gasteiger partial charge in [0, 0.05) is 5.39 Å². The van der Waals surface area contributed by atoms with E-state index in [9.17, 15) is 0 Å². The number of hydrogen-bond acceptors (Lipinski definition) is 2. The lowest BCUT2D eigenvalue weighted by atomic mass is 10.0. The third-order valence-corrected chi connectivity index (χ3v) is 4.46. The third-order valence-electron chi connectivity index (χ3n) is 4.46. The van der Waals surface area contributed by atoms with Crippen LogP contribution in [-0.2, 0) is 0 Å². The number of ether oxygens (including phenoxy) is 2. The van der Waals surface area contributed by atoms with Crippen LogP contribution in [0.3, 0.4) is 0 Å². The predicted octanol–water partition coefficient (Wildman–Crippen LogP) is 5.64. The van der Waals surface area contributed by atoms with Gasteiger partial charge in [0.25, 0.3) is 0 Å². The fraction of sp³-hybridized carbons (Fsp3) is 0.182. The lowest BCUT2D eigenvalue weighted by molar-refractivity contribution is 0.411. The Morgan fingerprint density at radius 1 is 0.750 bits per heavy atom. The average molecular weight is 318 g/mol. The van der Waals surface area contributed by atoms with Crippen LogP contribution >= 0.6 is 0 Å². The minimum Gasteiger partial charge on any atom is -0.496 e. The van der Waals surface area contributed by atoms with Gasteiger partial charge in [0.15, 0.2) is 0 Å². The monoisotopic (exact) mass is 318 g/mol. The van der Waals surface area contributed by atoms with E-state index in [0.29, 0.717) is 0 Å². The van der Waals surface area contributed by atoms with Gasteiger partial charge < -0.3 is 9.47 Å². The first-order valence-electron chi connectivity index (χ1n) is 8.03. The summed E-state index contributed by atoms with van der Waals surface area (Å²) >= 11 is 0. The number of fused-ring (bicyclic) bond motifs is 1. The maximum absolute atomic E-state index is 5.47. The molecule has 0 atom stereocenters. The fourth-order valence-electron chi connectivity index (χ4n) is 2.97. The molecule has 122 valence electrons. The molecule has 0 fully saturated rings. The highest BCUT2D eigenvalue weighted by molar-refractivity contribution is 5.96. The van der Waals surface area contributed by atoms with Crippen molar-refractivity contribution in [2.75, 3.05) is 14.2 Å². The maximum Gasteiger partial charge on any atom is 0.126 e. The van der Waals surface area contributed by atoms with Crippen LogP contribution in [0, 0.1) is 13.8 Å². The summed E-state index contributed by atoms with van der Waals surface area (Å²) in [5.74, 6) is 1.82. The molecule has 0 bridgehead atoms. The predicted molar refractivity (Wildman–Crippen MR) is 102 cm³/mol. The van der Waals surface area contributed by atoms with E-state index in [1.54, 1.807) is 14.2 Å². The second kappa shape index (κ2) is 6.79. The first kappa shape index (κ1) is 16.1. The van der Waals surface area contributed by atoms with Gasteiger partial charge in [-0.15, -0.1) is 0 Å². The first-order valence-corrected chi connectivity index (χ1v) is 8.03. The Morgan fingerprint density at radius 2 is 1.46 bits per heavy atom. The number of methoxy groups -OCH3 is 2. The molecule has 3 rings (SSSR count). The molecule has 2 nitrogen and oxygen atoms in total. The maximum atomic E-state index is 5.47. The van der Waals surface area contributed by atoms with Crippen LogP contribution in [0.2, 0.25) is 0 Å². The summed E-state index contributed by atoms with van der Waals surface area (Å²) < 4.78 is 10.9. The summed E-state index contributed by atoms with van der Waals surface area (Å²) in [4.78, 5) is 0. The quantitative estimate of drug-likeness (QED) is 0.579. The standard InChI is InChI=1S/C22H22O2/c1-15-13-17(14-22(24-4)16(15)2)9-10-18-11-12-21(23-3)20-8-6-5-7-19(18)20/h5-14H,1-4H3/b10-9+. The molecule has 0 saturated heterocycles. The highest BCUT2D eigenvalue weighted by Crippen LogP contribution is 2.30.